The lowest BCUT2D eigenvalue weighted by atomic mass is 10.1. The first kappa shape index (κ1) is 28.5. The molecule has 0 saturated carbocycles. The number of aromatic nitrogens is 2. The zero-order chi connectivity index (χ0) is 32.1. The number of halogens is 3. The van der Waals surface area contributed by atoms with Crippen LogP contribution in [0.5, 0.6) is 0 Å². The molecular weight excluding hydrogens is 593 g/mol. The second kappa shape index (κ2) is 11.1. The van der Waals surface area contributed by atoms with Crippen LogP contribution in [0, 0.1) is 0 Å². The molecule has 2 N–H and O–H groups in total. The normalized spacial score (nSPS) is 11.9. The Morgan fingerprint density at radius 2 is 1.13 bits per heavy atom. The molecule has 0 aliphatic heterocycles. The SMILES string of the molecule is Nc1c(N(Cc2ccccc2)c2ccccc2)c2ccc3c4ccccc4n(-c4ccccc4C(F)(F)F)c3c2n1-c1ccccc1. The minimum Gasteiger partial charge on any atom is -0.383 e. The standard InChI is InChI=1S/C40H29F3N4/c41-40(42,43)33-21-11-13-23-35(33)47-34-22-12-10-20-30(34)31-24-25-32-37(36(31)47)46(29-18-8-3-9-19-29)39(44)38(32)45(28-16-6-2-7-17-28)26-27-14-4-1-5-15-27/h1-25H,26,44H2. The van der Waals surface area contributed by atoms with Gasteiger partial charge in [0.25, 0.3) is 0 Å². The predicted octanol–water partition coefficient (Wildman–Crippen LogP) is 10.7. The number of para-hydroxylation sites is 4. The van der Waals surface area contributed by atoms with Gasteiger partial charge >= 0.3 is 6.18 Å². The Balaban J connectivity index is 1.55. The third-order valence-electron chi connectivity index (χ3n) is 8.76. The maximum absolute atomic E-state index is 14.6. The summed E-state index contributed by atoms with van der Waals surface area (Å²) in [6.45, 7) is 0.529. The summed E-state index contributed by atoms with van der Waals surface area (Å²) in [6, 6.07) is 47.4. The number of nitrogens with two attached hydrogens (primary N) is 1. The summed E-state index contributed by atoms with van der Waals surface area (Å²) in [5, 5.41) is 2.51. The molecule has 0 aliphatic rings. The van der Waals surface area contributed by atoms with Crippen LogP contribution in [0.25, 0.3) is 44.1 Å². The third kappa shape index (κ3) is 4.70. The van der Waals surface area contributed by atoms with Crippen LogP contribution < -0.4 is 10.6 Å². The molecule has 0 spiro atoms. The maximum Gasteiger partial charge on any atom is 0.418 e. The van der Waals surface area contributed by atoms with Crippen molar-refractivity contribution in [3.8, 4) is 11.4 Å². The summed E-state index contributed by atoms with van der Waals surface area (Å²) < 4.78 is 47.6. The molecule has 0 fully saturated rings. The van der Waals surface area contributed by atoms with Crippen molar-refractivity contribution in [2.24, 2.45) is 0 Å². The van der Waals surface area contributed by atoms with E-state index in [1.54, 1.807) is 16.7 Å². The lowest BCUT2D eigenvalue weighted by Crippen LogP contribution is -2.18. The predicted molar refractivity (Wildman–Crippen MR) is 186 cm³/mol. The number of nitrogens with zero attached hydrogens (tertiary/aromatic N) is 3. The highest BCUT2D eigenvalue weighted by molar-refractivity contribution is 6.22. The Bertz CT molecular complexity index is 2370. The Labute approximate surface area is 269 Å². The lowest BCUT2D eigenvalue weighted by molar-refractivity contribution is -0.137. The monoisotopic (exact) mass is 622 g/mol. The van der Waals surface area contributed by atoms with Gasteiger partial charge < -0.3 is 15.2 Å². The van der Waals surface area contributed by atoms with Crippen molar-refractivity contribution in [2.45, 2.75) is 12.7 Å². The second-order valence-electron chi connectivity index (χ2n) is 11.5. The van der Waals surface area contributed by atoms with Crippen molar-refractivity contribution in [1.29, 1.82) is 0 Å². The van der Waals surface area contributed by atoms with E-state index >= 15 is 0 Å². The van der Waals surface area contributed by atoms with Crippen molar-refractivity contribution < 1.29 is 13.2 Å². The summed E-state index contributed by atoms with van der Waals surface area (Å²) in [7, 11) is 0. The highest BCUT2D eigenvalue weighted by Gasteiger charge is 2.35. The summed E-state index contributed by atoms with van der Waals surface area (Å²) >= 11 is 0. The number of anilines is 3. The molecule has 2 heterocycles. The third-order valence-corrected chi connectivity index (χ3v) is 8.76. The van der Waals surface area contributed by atoms with Crippen LogP contribution in [0.1, 0.15) is 11.1 Å². The van der Waals surface area contributed by atoms with Crippen molar-refractivity contribution >= 4 is 49.9 Å². The van der Waals surface area contributed by atoms with Crippen LogP contribution >= 0.6 is 0 Å². The lowest BCUT2D eigenvalue weighted by Gasteiger charge is -2.25. The minimum absolute atomic E-state index is 0.0591. The quantitative estimate of drug-likeness (QED) is 0.200. The molecule has 8 aromatic rings. The van der Waals surface area contributed by atoms with Crippen LogP contribution in [0.15, 0.2) is 152 Å². The highest BCUT2D eigenvalue weighted by atomic mass is 19.4. The van der Waals surface area contributed by atoms with Crippen LogP contribution in [-0.4, -0.2) is 9.13 Å². The first-order valence-electron chi connectivity index (χ1n) is 15.4. The van der Waals surface area contributed by atoms with E-state index in [0.717, 1.165) is 50.4 Å². The molecule has 230 valence electrons. The number of fused-ring (bicyclic) bond motifs is 5. The van der Waals surface area contributed by atoms with Gasteiger partial charge in [0.2, 0.25) is 0 Å². The first-order chi connectivity index (χ1) is 22.9. The van der Waals surface area contributed by atoms with Crippen molar-refractivity contribution in [1.82, 2.24) is 9.13 Å². The van der Waals surface area contributed by atoms with Crippen molar-refractivity contribution in [3.05, 3.63) is 163 Å². The molecule has 4 nitrogen and oxygen atoms in total. The molecule has 2 aromatic heterocycles. The zero-order valence-corrected chi connectivity index (χ0v) is 25.2. The van der Waals surface area contributed by atoms with Crippen LogP contribution in [0.4, 0.5) is 30.4 Å². The number of nitrogen functional groups attached to an aromatic ring is 1. The van der Waals surface area contributed by atoms with Gasteiger partial charge in [-0.25, -0.2) is 0 Å². The van der Waals surface area contributed by atoms with Crippen molar-refractivity contribution in [3.63, 3.8) is 0 Å². The van der Waals surface area contributed by atoms with E-state index in [2.05, 4.69) is 23.1 Å². The van der Waals surface area contributed by atoms with E-state index in [1.807, 2.05) is 114 Å². The van der Waals surface area contributed by atoms with Crippen LogP contribution in [0.2, 0.25) is 0 Å². The highest BCUT2D eigenvalue weighted by Crippen LogP contribution is 2.48. The van der Waals surface area contributed by atoms with Gasteiger partial charge in [0, 0.05) is 34.1 Å². The molecule has 0 amide bonds. The zero-order valence-electron chi connectivity index (χ0n) is 25.2. The Hall–Kier alpha value is -5.95. The molecule has 0 aliphatic carbocycles. The Kier molecular flexibility index (Phi) is 6.76. The van der Waals surface area contributed by atoms with E-state index in [9.17, 15) is 13.2 Å². The summed E-state index contributed by atoms with van der Waals surface area (Å²) in [4.78, 5) is 2.19. The molecule has 7 heteroatoms. The number of hydrogen-bond donors (Lipinski definition) is 1. The summed E-state index contributed by atoms with van der Waals surface area (Å²) in [5.74, 6) is 0.486. The van der Waals surface area contributed by atoms with Gasteiger partial charge in [-0.3, -0.25) is 4.57 Å². The molecular formula is C40H29F3N4. The molecule has 0 bridgehead atoms. The average Bonchev–Trinajstić information content (AvgIpc) is 3.59. The molecule has 47 heavy (non-hydrogen) atoms. The van der Waals surface area contributed by atoms with Gasteiger partial charge in [0.15, 0.2) is 0 Å². The van der Waals surface area contributed by atoms with Gasteiger partial charge in [-0.05, 0) is 54.1 Å². The van der Waals surface area contributed by atoms with Gasteiger partial charge in [-0.15, -0.1) is 0 Å². The molecule has 0 radical (unpaired) electrons. The molecule has 0 unspecified atom stereocenters. The fourth-order valence-electron chi connectivity index (χ4n) is 6.78. The van der Waals surface area contributed by atoms with Gasteiger partial charge in [0.05, 0.1) is 33.5 Å². The smallest absolute Gasteiger partial charge is 0.383 e. The summed E-state index contributed by atoms with van der Waals surface area (Å²) in [6.07, 6.45) is -4.56. The van der Waals surface area contributed by atoms with Crippen LogP contribution in [0.3, 0.4) is 0 Å². The first-order valence-corrected chi connectivity index (χ1v) is 15.4. The van der Waals surface area contributed by atoms with Crippen molar-refractivity contribution in [2.75, 3.05) is 10.6 Å². The largest absolute Gasteiger partial charge is 0.418 e. The topological polar surface area (TPSA) is 39.1 Å². The Morgan fingerprint density at radius 1 is 0.553 bits per heavy atom. The summed E-state index contributed by atoms with van der Waals surface area (Å²) in [5.41, 5.74) is 12.3. The van der Waals surface area contributed by atoms with E-state index in [0.29, 0.717) is 23.4 Å². The fraction of sp³-hybridized carbons (Fsp3) is 0.0500. The van der Waals surface area contributed by atoms with E-state index in [-0.39, 0.29) is 5.69 Å². The Morgan fingerprint density at radius 3 is 1.85 bits per heavy atom. The number of alkyl halides is 3. The number of rotatable bonds is 6. The average molecular weight is 623 g/mol. The fourth-order valence-corrected chi connectivity index (χ4v) is 6.78. The number of hydrogen-bond acceptors (Lipinski definition) is 2. The molecule has 0 saturated heterocycles. The van der Waals surface area contributed by atoms with E-state index in [4.69, 9.17) is 5.73 Å². The maximum atomic E-state index is 14.6. The van der Waals surface area contributed by atoms with Crippen LogP contribution in [-0.2, 0) is 12.7 Å². The minimum atomic E-state index is -4.56. The van der Waals surface area contributed by atoms with E-state index < -0.39 is 11.7 Å². The van der Waals surface area contributed by atoms with E-state index in [1.165, 1.54) is 6.07 Å². The van der Waals surface area contributed by atoms with Gasteiger partial charge in [0.1, 0.15) is 5.82 Å². The second-order valence-corrected chi connectivity index (χ2v) is 11.5. The molecule has 8 rings (SSSR count). The molecule has 0 atom stereocenters. The molecule has 6 aromatic carbocycles. The van der Waals surface area contributed by atoms with Gasteiger partial charge in [-0.2, -0.15) is 13.2 Å². The number of benzene rings is 6. The van der Waals surface area contributed by atoms with Gasteiger partial charge in [-0.1, -0.05) is 103 Å².